The number of aliphatic hydroxyl groups is 1. The molecule has 0 aliphatic carbocycles. The van der Waals surface area contributed by atoms with Gasteiger partial charge in [0.15, 0.2) is 0 Å². The Hall–Kier alpha value is -2.07. The minimum atomic E-state index is -1.00. The van der Waals surface area contributed by atoms with Crippen LogP contribution < -0.4 is 0 Å². The molecule has 1 aliphatic rings. The van der Waals surface area contributed by atoms with Crippen LogP contribution in [-0.4, -0.2) is 23.0 Å². The lowest BCUT2D eigenvalue weighted by molar-refractivity contribution is -0.209. The number of esters is 1. The molecule has 1 aromatic rings. The van der Waals surface area contributed by atoms with Gasteiger partial charge in [0.1, 0.15) is 5.76 Å². The molecule has 1 N–H and O–H groups in total. The molecular formula is C17H20O4. The smallest absolute Gasteiger partial charge is 0.337 e. The normalized spacial score (nSPS) is 20.4. The molecule has 112 valence electrons. The molecular weight excluding hydrogens is 268 g/mol. The number of hydrogen-bond acceptors (Lipinski definition) is 4. The Morgan fingerprint density at radius 1 is 1.19 bits per heavy atom. The third-order valence-corrected chi connectivity index (χ3v) is 3.22. The second-order valence-corrected chi connectivity index (χ2v) is 5.52. The Kier molecular flexibility index (Phi) is 4.48. The molecule has 0 aromatic heterocycles. The van der Waals surface area contributed by atoms with Crippen LogP contribution in [-0.2, 0) is 14.3 Å². The maximum Gasteiger partial charge on any atom is 0.337 e. The molecule has 2 atom stereocenters. The lowest BCUT2D eigenvalue weighted by atomic mass is 10.00. The summed E-state index contributed by atoms with van der Waals surface area (Å²) in [6.45, 7) is 5.13. The molecule has 0 fully saturated rings. The highest BCUT2D eigenvalue weighted by Crippen LogP contribution is 2.28. The fraction of sp³-hybridized carbons (Fsp3) is 0.353. The zero-order valence-corrected chi connectivity index (χ0v) is 12.4. The van der Waals surface area contributed by atoms with Crippen molar-refractivity contribution in [2.24, 2.45) is 5.92 Å². The van der Waals surface area contributed by atoms with Crippen molar-refractivity contribution in [2.75, 3.05) is 0 Å². The van der Waals surface area contributed by atoms with Gasteiger partial charge in [0.25, 0.3) is 0 Å². The van der Waals surface area contributed by atoms with Gasteiger partial charge in [-0.2, -0.15) is 0 Å². The molecule has 0 bridgehead atoms. The first-order valence-electron chi connectivity index (χ1n) is 6.92. The molecule has 1 aromatic carbocycles. The van der Waals surface area contributed by atoms with E-state index >= 15 is 0 Å². The Bertz CT molecular complexity index is 557. The number of benzene rings is 1. The quantitative estimate of drug-likeness (QED) is 0.866. The lowest BCUT2D eigenvalue weighted by Crippen LogP contribution is -2.37. The zero-order valence-electron chi connectivity index (χ0n) is 12.4. The SMILES string of the molecule is C[C@@H](C1=CC(=O)OC(C)(C)O1)[C@@H](O)/C=C/c1ccccc1. The first-order chi connectivity index (χ1) is 9.87. The fourth-order valence-electron chi connectivity index (χ4n) is 2.06. The topological polar surface area (TPSA) is 55.8 Å². The van der Waals surface area contributed by atoms with E-state index in [1.807, 2.05) is 36.4 Å². The first kappa shape index (κ1) is 15.3. The summed E-state index contributed by atoms with van der Waals surface area (Å²) in [5, 5.41) is 10.2. The average molecular weight is 288 g/mol. The molecule has 0 saturated heterocycles. The third-order valence-electron chi connectivity index (χ3n) is 3.22. The van der Waals surface area contributed by atoms with Crippen molar-refractivity contribution in [3.8, 4) is 0 Å². The summed E-state index contributed by atoms with van der Waals surface area (Å²) in [6.07, 6.45) is 4.07. The van der Waals surface area contributed by atoms with Gasteiger partial charge in [-0.1, -0.05) is 49.4 Å². The van der Waals surface area contributed by atoms with E-state index in [1.54, 1.807) is 26.8 Å². The van der Waals surface area contributed by atoms with Crippen molar-refractivity contribution in [3.05, 3.63) is 53.8 Å². The van der Waals surface area contributed by atoms with Crippen molar-refractivity contribution in [2.45, 2.75) is 32.7 Å². The van der Waals surface area contributed by atoms with Gasteiger partial charge in [0.05, 0.1) is 12.2 Å². The molecule has 4 heteroatoms. The van der Waals surface area contributed by atoms with Crippen LogP contribution in [0, 0.1) is 5.92 Å². The largest absolute Gasteiger partial charge is 0.456 e. The number of cyclic esters (lactones) is 1. The number of carbonyl (C=O) groups is 1. The molecule has 0 amide bonds. The second kappa shape index (κ2) is 6.14. The Balaban J connectivity index is 2.07. The highest BCUT2D eigenvalue weighted by molar-refractivity contribution is 5.83. The Morgan fingerprint density at radius 3 is 2.48 bits per heavy atom. The summed E-state index contributed by atoms with van der Waals surface area (Å²) in [6, 6.07) is 9.70. The van der Waals surface area contributed by atoms with Crippen molar-refractivity contribution < 1.29 is 19.4 Å². The van der Waals surface area contributed by atoms with E-state index in [2.05, 4.69) is 0 Å². The molecule has 0 radical (unpaired) electrons. The first-order valence-corrected chi connectivity index (χ1v) is 6.92. The number of carbonyl (C=O) groups excluding carboxylic acids is 1. The number of aliphatic hydroxyl groups excluding tert-OH is 1. The van der Waals surface area contributed by atoms with Crippen LogP contribution in [0.3, 0.4) is 0 Å². The summed E-state index contributed by atoms with van der Waals surface area (Å²) < 4.78 is 10.6. The van der Waals surface area contributed by atoms with E-state index in [0.717, 1.165) is 5.56 Å². The second-order valence-electron chi connectivity index (χ2n) is 5.52. The van der Waals surface area contributed by atoms with E-state index in [9.17, 15) is 9.90 Å². The number of rotatable bonds is 4. The summed E-state index contributed by atoms with van der Waals surface area (Å²) in [7, 11) is 0. The summed E-state index contributed by atoms with van der Waals surface area (Å²) >= 11 is 0. The molecule has 0 spiro atoms. The van der Waals surface area contributed by atoms with Gasteiger partial charge in [-0.05, 0) is 5.56 Å². The van der Waals surface area contributed by atoms with E-state index < -0.39 is 17.9 Å². The molecule has 0 unspecified atom stereocenters. The van der Waals surface area contributed by atoms with Crippen molar-refractivity contribution in [3.63, 3.8) is 0 Å². The molecule has 1 heterocycles. The Morgan fingerprint density at radius 2 is 1.86 bits per heavy atom. The van der Waals surface area contributed by atoms with Gasteiger partial charge in [0, 0.05) is 19.8 Å². The number of hydrogen-bond donors (Lipinski definition) is 1. The molecule has 1 aliphatic heterocycles. The van der Waals surface area contributed by atoms with Crippen molar-refractivity contribution in [1.82, 2.24) is 0 Å². The summed E-state index contributed by atoms with van der Waals surface area (Å²) in [5.41, 5.74) is 1.00. The van der Waals surface area contributed by atoms with E-state index in [-0.39, 0.29) is 5.92 Å². The number of ether oxygens (including phenoxy) is 2. The van der Waals surface area contributed by atoms with Gasteiger partial charge in [0.2, 0.25) is 5.79 Å². The van der Waals surface area contributed by atoms with Gasteiger partial charge in [-0.25, -0.2) is 4.79 Å². The highest BCUT2D eigenvalue weighted by atomic mass is 16.7. The van der Waals surface area contributed by atoms with E-state index in [1.165, 1.54) is 6.08 Å². The summed E-state index contributed by atoms with van der Waals surface area (Å²) in [4.78, 5) is 11.5. The van der Waals surface area contributed by atoms with Gasteiger partial charge in [-0.15, -0.1) is 0 Å². The summed E-state index contributed by atoms with van der Waals surface area (Å²) in [5.74, 6) is -1.36. The maximum atomic E-state index is 11.5. The Labute approximate surface area is 124 Å². The van der Waals surface area contributed by atoms with Crippen LogP contribution in [0.15, 0.2) is 48.2 Å². The average Bonchev–Trinajstić information content (AvgIpc) is 2.43. The van der Waals surface area contributed by atoms with Crippen LogP contribution in [0.1, 0.15) is 26.3 Å². The fourth-order valence-corrected chi connectivity index (χ4v) is 2.06. The predicted molar refractivity (Wildman–Crippen MR) is 80.0 cm³/mol. The van der Waals surface area contributed by atoms with Gasteiger partial charge < -0.3 is 14.6 Å². The minimum Gasteiger partial charge on any atom is -0.456 e. The van der Waals surface area contributed by atoms with Crippen LogP contribution in [0.5, 0.6) is 0 Å². The molecule has 2 rings (SSSR count). The van der Waals surface area contributed by atoms with Crippen molar-refractivity contribution in [1.29, 1.82) is 0 Å². The monoisotopic (exact) mass is 288 g/mol. The standard InChI is InChI=1S/C17H20O4/c1-12(15-11-16(19)21-17(2,3)20-15)14(18)10-9-13-7-5-4-6-8-13/h4-12,14,18H,1-3H3/b10-9+/t12-,14+/m1/s1. The third kappa shape index (κ3) is 4.20. The minimum absolute atomic E-state index is 0.336. The van der Waals surface area contributed by atoms with E-state index in [0.29, 0.717) is 5.76 Å². The lowest BCUT2D eigenvalue weighted by Gasteiger charge is -2.33. The maximum absolute atomic E-state index is 11.5. The van der Waals surface area contributed by atoms with Crippen LogP contribution >= 0.6 is 0 Å². The van der Waals surface area contributed by atoms with Gasteiger partial charge >= 0.3 is 5.97 Å². The zero-order chi connectivity index (χ0) is 15.5. The molecule has 21 heavy (non-hydrogen) atoms. The van der Waals surface area contributed by atoms with Gasteiger partial charge in [-0.3, -0.25) is 0 Å². The molecule has 4 nitrogen and oxygen atoms in total. The van der Waals surface area contributed by atoms with Crippen molar-refractivity contribution >= 4 is 12.0 Å². The van der Waals surface area contributed by atoms with Crippen LogP contribution in [0.25, 0.3) is 6.08 Å². The van der Waals surface area contributed by atoms with Crippen LogP contribution in [0.2, 0.25) is 0 Å². The highest BCUT2D eigenvalue weighted by Gasteiger charge is 2.33. The van der Waals surface area contributed by atoms with Crippen LogP contribution in [0.4, 0.5) is 0 Å². The predicted octanol–water partition coefficient (Wildman–Crippen LogP) is 2.89. The molecule has 0 saturated carbocycles. The van der Waals surface area contributed by atoms with E-state index in [4.69, 9.17) is 9.47 Å².